The molecule has 2 aromatic carbocycles. The summed E-state index contributed by atoms with van der Waals surface area (Å²) >= 11 is 9.59. The van der Waals surface area contributed by atoms with Gasteiger partial charge in [0.05, 0.1) is 16.9 Å². The van der Waals surface area contributed by atoms with Crippen LogP contribution in [0.2, 0.25) is 0 Å². The van der Waals surface area contributed by atoms with Gasteiger partial charge in [-0.3, -0.25) is 4.98 Å². The molecule has 4 rings (SSSR count). The molecule has 3 aromatic rings. The van der Waals surface area contributed by atoms with Crippen LogP contribution in [-0.4, -0.2) is 23.3 Å². The molecule has 0 unspecified atom stereocenters. The van der Waals surface area contributed by atoms with Gasteiger partial charge in [-0.2, -0.15) is 0 Å². The normalized spacial score (nSPS) is 12.0. The summed E-state index contributed by atoms with van der Waals surface area (Å²) in [7, 11) is 59.7. The van der Waals surface area contributed by atoms with Crippen LogP contribution >= 0.6 is 0 Å². The molecule has 1 aliphatic heterocycles. The molecule has 1 aliphatic rings. The van der Waals surface area contributed by atoms with Crippen molar-refractivity contribution in [2.75, 3.05) is 0 Å². The largest absolute Gasteiger partial charge is 0.495 e. The van der Waals surface area contributed by atoms with Crippen molar-refractivity contribution in [2.45, 2.75) is 38.9 Å². The average molecular weight is 1510 g/mol. The van der Waals surface area contributed by atoms with E-state index in [0.29, 0.717) is 0 Å². The first-order chi connectivity index (χ1) is 30.8. The van der Waals surface area contributed by atoms with Gasteiger partial charge in [0.25, 0.3) is 0 Å². The molecule has 0 radical (unpaired) electrons. The van der Waals surface area contributed by atoms with Crippen LogP contribution in [0.3, 0.4) is 0 Å². The van der Waals surface area contributed by atoms with Crippen molar-refractivity contribution in [3.63, 3.8) is 0 Å². The minimum absolute atomic E-state index is 0.370. The number of hydrogen-bond acceptors (Lipinski definition) is 5. The molecule has 0 atom stereocenters. The third-order valence-corrected chi connectivity index (χ3v) is 79.9. The zero-order valence-electron chi connectivity index (χ0n) is 31.0. The highest BCUT2D eigenvalue weighted by molar-refractivity contribution is 8.80. The molecule has 1 aromatic heterocycles. The minimum atomic E-state index is -0.400. The van der Waals surface area contributed by atoms with Gasteiger partial charge in [-0.05, 0) is 62.5 Å². The second-order valence-corrected chi connectivity index (χ2v) is 70.4. The Morgan fingerprint density at radius 3 is 1.05 bits per heavy atom. The fourth-order valence-electron chi connectivity index (χ4n) is 3.66. The first-order valence-corrected chi connectivity index (χ1v) is 61.8. The van der Waals surface area contributed by atoms with Gasteiger partial charge in [-0.1, -0.05) is 48.5 Å². The van der Waals surface area contributed by atoms with Gasteiger partial charge in [-0.25, -0.2) is 0 Å². The lowest BCUT2D eigenvalue weighted by Gasteiger charge is -2.32. The van der Waals surface area contributed by atoms with Crippen LogP contribution in [0.5, 0.6) is 0 Å². The molecular formula is C23H24BNO2S36. The smallest absolute Gasteiger partial charge is 0.399 e. The fourth-order valence-corrected chi connectivity index (χ4v) is 91.5. The summed E-state index contributed by atoms with van der Waals surface area (Å²) < 4.78 is 12.6. The van der Waals surface area contributed by atoms with E-state index in [-0.39, 0.29) is 11.2 Å². The van der Waals surface area contributed by atoms with Gasteiger partial charge in [0.1, 0.15) is 0 Å². The van der Waals surface area contributed by atoms with Crippen LogP contribution in [0, 0.1) is 0 Å². The standard InChI is InChI=1S/C23H24BNO2.S36/c1-22(2)23(3,4)27-24(26-22)20-14-13-18(21-12-8-9-15-25-21)16-19(20)17-10-6-5-7-11-17;1-3-5-7-9-11-13-15-17-19-21-23-25-27-29-31-33-35-36-34-32-30-28-26-24-22-20-18-16-14-12-10-8-6-4-2/h5-16H,1-4H3;. The molecule has 0 bridgehead atoms. The Morgan fingerprint density at radius 2 is 0.730 bits per heavy atom. The third kappa shape index (κ3) is 29.8. The van der Waals surface area contributed by atoms with Crippen LogP contribution in [-0.2, 0) is 334 Å². The lowest BCUT2D eigenvalue weighted by atomic mass is 9.74. The molecule has 1 fully saturated rings. The zero-order valence-corrected chi connectivity index (χ0v) is 60.4. The van der Waals surface area contributed by atoms with Crippen molar-refractivity contribution in [1.82, 2.24) is 4.98 Å². The second kappa shape index (κ2) is 41.8. The van der Waals surface area contributed by atoms with Gasteiger partial charge in [0.15, 0.2) is 0 Å². The molecule has 0 saturated carbocycles. The Morgan fingerprint density at radius 1 is 0.397 bits per heavy atom. The summed E-state index contributed by atoms with van der Waals surface area (Å²) in [5, 5.41) is 0. The molecule has 0 N–H and O–H groups in total. The third-order valence-electron chi connectivity index (χ3n) is 6.52. The van der Waals surface area contributed by atoms with Crippen LogP contribution in [0.25, 0.3) is 22.4 Å². The van der Waals surface area contributed by atoms with Gasteiger partial charge in [0.2, 0.25) is 0 Å². The van der Waals surface area contributed by atoms with E-state index >= 15 is 0 Å². The topological polar surface area (TPSA) is 31.4 Å². The van der Waals surface area contributed by atoms with Crippen LogP contribution in [0.15, 0.2) is 72.9 Å². The summed E-state index contributed by atoms with van der Waals surface area (Å²) in [5.74, 6) is 0. The first-order valence-electron chi connectivity index (χ1n) is 15.2. The van der Waals surface area contributed by atoms with Gasteiger partial charge in [0, 0.05) is 336 Å². The molecule has 0 spiro atoms. The van der Waals surface area contributed by atoms with E-state index in [1.54, 1.807) is 107 Å². The Kier molecular flexibility index (Phi) is 41.7. The highest BCUT2D eigenvalue weighted by Gasteiger charge is 2.52. The maximum atomic E-state index is 6.32. The van der Waals surface area contributed by atoms with Crippen molar-refractivity contribution >= 4 is 337 Å². The summed E-state index contributed by atoms with van der Waals surface area (Å²) in [6.45, 7) is 8.32. The SMILES string of the molecule is CC1(C)OB(c2ccc(-c3ccccn3)cc2-c2ccccc2)OC1(C)C.S=S=S=S=S=S=S=S=S=S=S=S=S=S=S=S=S=S=S=S=S=S=S=S=S=S=S=S=S=S=S=S=S=S=S=S. The molecule has 2 heterocycles. The number of pyridine rings is 1. The summed E-state index contributed by atoms with van der Waals surface area (Å²) in [6, 6.07) is 22.7. The Balaban J connectivity index is 0.000000346. The molecule has 63 heavy (non-hydrogen) atoms. The lowest BCUT2D eigenvalue weighted by molar-refractivity contribution is 0.00578. The minimum Gasteiger partial charge on any atom is -0.399 e. The lowest BCUT2D eigenvalue weighted by Crippen LogP contribution is -2.41. The van der Waals surface area contributed by atoms with Crippen molar-refractivity contribution in [1.29, 1.82) is 0 Å². The number of benzene rings is 2. The number of nitrogens with zero attached hydrogens (tertiary/aromatic N) is 1. The Hall–Kier alpha value is 5.49. The van der Waals surface area contributed by atoms with Gasteiger partial charge in [-0.15, -0.1) is 0 Å². The monoisotopic (exact) mass is 1510 g/mol. The summed E-state index contributed by atoms with van der Waals surface area (Å²) in [5.41, 5.74) is 4.58. The van der Waals surface area contributed by atoms with Crippen molar-refractivity contribution in [2.24, 2.45) is 0 Å². The van der Waals surface area contributed by atoms with Crippen molar-refractivity contribution in [3.8, 4) is 22.4 Å². The second-order valence-electron chi connectivity index (χ2n) is 10.3. The number of aromatic nitrogens is 1. The van der Waals surface area contributed by atoms with Gasteiger partial charge < -0.3 is 9.31 Å². The molecular weight excluding hydrogens is 1490 g/mol. The number of hydrogen-bond donors (Lipinski definition) is 0. The van der Waals surface area contributed by atoms with Crippen molar-refractivity contribution in [3.05, 3.63) is 72.9 Å². The zero-order chi connectivity index (χ0) is 45.1. The molecule has 0 amide bonds. The Labute approximate surface area is 474 Å². The van der Waals surface area contributed by atoms with E-state index in [0.717, 1.165) is 27.8 Å². The van der Waals surface area contributed by atoms with Crippen LogP contribution in [0.1, 0.15) is 27.7 Å². The average Bonchev–Trinajstić information content (AvgIpc) is 3.52. The predicted octanol–water partition coefficient (Wildman–Crippen LogP) is 4.63. The van der Waals surface area contributed by atoms with Crippen LogP contribution < -0.4 is 5.46 Å². The van der Waals surface area contributed by atoms with E-state index in [1.165, 1.54) is 17.8 Å². The first kappa shape index (κ1) is 62.8. The van der Waals surface area contributed by atoms with E-state index < -0.39 is 7.12 Å². The summed E-state index contributed by atoms with van der Waals surface area (Å²) in [6.07, 6.45) is 1.82. The number of rotatable bonds is 3. The molecule has 352 valence electrons. The van der Waals surface area contributed by atoms with E-state index in [1.807, 2.05) is 208 Å². The van der Waals surface area contributed by atoms with Gasteiger partial charge >= 0.3 is 7.12 Å². The van der Waals surface area contributed by atoms with Crippen molar-refractivity contribution < 1.29 is 9.31 Å². The quantitative estimate of drug-likeness (QED) is 0.358. The van der Waals surface area contributed by atoms with Crippen LogP contribution in [0.4, 0.5) is 0 Å². The molecule has 1 saturated heterocycles. The summed E-state index contributed by atoms with van der Waals surface area (Å²) in [4.78, 5) is 4.49. The van der Waals surface area contributed by atoms with E-state index in [9.17, 15) is 0 Å². The molecule has 3 nitrogen and oxygen atoms in total. The van der Waals surface area contributed by atoms with E-state index in [2.05, 4.69) is 75.1 Å². The fraction of sp³-hybridized carbons (Fsp3) is 0.261. The maximum Gasteiger partial charge on any atom is 0.495 e. The Bertz CT molecular complexity index is 3530. The highest BCUT2D eigenvalue weighted by Crippen LogP contribution is 2.37. The van der Waals surface area contributed by atoms with E-state index in [4.69, 9.17) is 31.7 Å². The predicted molar refractivity (Wildman–Crippen MR) is 376 cm³/mol. The highest BCUT2D eigenvalue weighted by atomic mass is 33.5. The maximum absolute atomic E-state index is 6.32. The molecule has 0 aliphatic carbocycles. The molecule has 40 heteroatoms.